The molecule has 0 aliphatic carbocycles. The van der Waals surface area contributed by atoms with Crippen LogP contribution in [0.15, 0.2) is 29.4 Å². The minimum Gasteiger partial charge on any atom is -0.497 e. The van der Waals surface area contributed by atoms with E-state index in [9.17, 15) is 4.79 Å². The summed E-state index contributed by atoms with van der Waals surface area (Å²) in [6, 6.07) is 8.34. The van der Waals surface area contributed by atoms with Gasteiger partial charge in [-0.2, -0.15) is 0 Å². The summed E-state index contributed by atoms with van der Waals surface area (Å²) >= 11 is 1.48. The highest BCUT2D eigenvalue weighted by atomic mass is 32.2. The summed E-state index contributed by atoms with van der Waals surface area (Å²) in [5.41, 5.74) is 0.986. The molecule has 1 saturated heterocycles. The van der Waals surface area contributed by atoms with Crippen LogP contribution >= 0.6 is 11.8 Å². The van der Waals surface area contributed by atoms with Gasteiger partial charge in [0.1, 0.15) is 5.75 Å². The second-order valence-electron chi connectivity index (χ2n) is 7.22. The van der Waals surface area contributed by atoms with Crippen molar-refractivity contribution < 1.29 is 9.53 Å². The Morgan fingerprint density at radius 1 is 1.26 bits per heavy atom. The predicted octanol–water partition coefficient (Wildman–Crippen LogP) is 4.03. The van der Waals surface area contributed by atoms with Crippen LogP contribution < -0.4 is 4.74 Å². The first-order valence-corrected chi connectivity index (χ1v) is 10.5. The minimum atomic E-state index is 0.191. The van der Waals surface area contributed by atoms with Gasteiger partial charge in [0.25, 0.3) is 0 Å². The first-order chi connectivity index (χ1) is 13.0. The molecule has 1 aliphatic rings. The molecule has 7 heteroatoms. The van der Waals surface area contributed by atoms with E-state index in [1.807, 2.05) is 29.2 Å². The molecule has 1 atom stereocenters. The third kappa shape index (κ3) is 4.46. The van der Waals surface area contributed by atoms with Crippen LogP contribution in [0.2, 0.25) is 0 Å². The van der Waals surface area contributed by atoms with E-state index in [0.717, 1.165) is 41.7 Å². The Hall–Kier alpha value is -2.02. The second-order valence-corrected chi connectivity index (χ2v) is 8.16. The molecule has 2 heterocycles. The molecule has 0 unspecified atom stereocenters. The Bertz CT molecular complexity index is 773. The van der Waals surface area contributed by atoms with Crippen molar-refractivity contribution in [2.24, 2.45) is 0 Å². The standard InChI is InChI=1S/C20H28N4O2S/c1-14(2)24-19(16-8-10-17(26-4)11-9-16)21-22-20(24)27-13-18(25)23-12-6-5-7-15(23)3/h8-11,14-15H,5-7,12-13H2,1-4H3/t15-/m1/s1. The lowest BCUT2D eigenvalue weighted by atomic mass is 10.0. The summed E-state index contributed by atoms with van der Waals surface area (Å²) in [6.07, 6.45) is 3.41. The van der Waals surface area contributed by atoms with Gasteiger partial charge in [-0.3, -0.25) is 9.36 Å². The van der Waals surface area contributed by atoms with Crippen LogP contribution in [0.5, 0.6) is 5.75 Å². The minimum absolute atomic E-state index is 0.191. The molecule has 6 nitrogen and oxygen atoms in total. The van der Waals surface area contributed by atoms with E-state index in [1.165, 1.54) is 18.2 Å². The number of carbonyl (C=O) groups is 1. The van der Waals surface area contributed by atoms with Crippen LogP contribution in [0.1, 0.15) is 46.1 Å². The lowest BCUT2D eigenvalue weighted by Gasteiger charge is -2.33. The van der Waals surface area contributed by atoms with Crippen molar-refractivity contribution >= 4 is 17.7 Å². The summed E-state index contributed by atoms with van der Waals surface area (Å²) < 4.78 is 7.33. The highest BCUT2D eigenvalue weighted by Crippen LogP contribution is 2.29. The molecule has 1 aliphatic heterocycles. The van der Waals surface area contributed by atoms with Crippen molar-refractivity contribution in [2.45, 2.75) is 57.3 Å². The molecule has 146 valence electrons. The number of rotatable bonds is 6. The smallest absolute Gasteiger partial charge is 0.233 e. The third-order valence-electron chi connectivity index (χ3n) is 4.98. The first kappa shape index (κ1) is 19.7. The summed E-state index contributed by atoms with van der Waals surface area (Å²) in [7, 11) is 1.65. The number of likely N-dealkylation sites (tertiary alicyclic amines) is 1. The lowest BCUT2D eigenvalue weighted by molar-refractivity contribution is -0.131. The van der Waals surface area contributed by atoms with Crippen LogP contribution in [0.3, 0.4) is 0 Å². The molecule has 0 radical (unpaired) electrons. The molecule has 0 bridgehead atoms. The van der Waals surface area contributed by atoms with E-state index in [0.29, 0.717) is 11.8 Å². The van der Waals surface area contributed by atoms with Gasteiger partial charge in [-0.15, -0.1) is 10.2 Å². The number of hydrogen-bond acceptors (Lipinski definition) is 5. The molecule has 2 aromatic rings. The summed E-state index contributed by atoms with van der Waals surface area (Å²) in [4.78, 5) is 14.7. The number of piperidine rings is 1. The van der Waals surface area contributed by atoms with Crippen LogP contribution in [-0.2, 0) is 4.79 Å². The lowest BCUT2D eigenvalue weighted by Crippen LogP contribution is -2.43. The normalized spacial score (nSPS) is 17.4. The molecule has 1 amide bonds. The molecule has 0 spiro atoms. The molecule has 1 aromatic carbocycles. The van der Waals surface area contributed by atoms with Gasteiger partial charge in [-0.05, 0) is 64.3 Å². The van der Waals surface area contributed by atoms with Gasteiger partial charge in [-0.25, -0.2) is 0 Å². The zero-order valence-corrected chi connectivity index (χ0v) is 17.3. The fourth-order valence-electron chi connectivity index (χ4n) is 3.46. The fourth-order valence-corrected chi connectivity index (χ4v) is 4.41. The van der Waals surface area contributed by atoms with Gasteiger partial charge in [0.05, 0.1) is 12.9 Å². The SMILES string of the molecule is COc1ccc(-c2nnc(SCC(=O)N3CCCC[C@H]3C)n2C(C)C)cc1. The molecule has 1 fully saturated rings. The molecule has 0 N–H and O–H groups in total. The number of thioether (sulfide) groups is 1. The summed E-state index contributed by atoms with van der Waals surface area (Å²) in [5, 5.41) is 9.55. The number of ether oxygens (including phenoxy) is 1. The third-order valence-corrected chi connectivity index (χ3v) is 5.91. The molecular formula is C20H28N4O2S. The highest BCUT2D eigenvalue weighted by Gasteiger charge is 2.24. The van der Waals surface area contributed by atoms with E-state index >= 15 is 0 Å². The number of aromatic nitrogens is 3. The quantitative estimate of drug-likeness (QED) is 0.699. The first-order valence-electron chi connectivity index (χ1n) is 9.53. The van der Waals surface area contributed by atoms with E-state index in [2.05, 4.69) is 35.5 Å². The van der Waals surface area contributed by atoms with Gasteiger partial charge >= 0.3 is 0 Å². The van der Waals surface area contributed by atoms with Crippen molar-refractivity contribution in [3.8, 4) is 17.1 Å². The fraction of sp³-hybridized carbons (Fsp3) is 0.550. The predicted molar refractivity (Wildman–Crippen MR) is 108 cm³/mol. The van der Waals surface area contributed by atoms with Crippen molar-refractivity contribution in [3.05, 3.63) is 24.3 Å². The molecular weight excluding hydrogens is 360 g/mol. The van der Waals surface area contributed by atoms with E-state index < -0.39 is 0 Å². The van der Waals surface area contributed by atoms with Crippen LogP contribution in [0.25, 0.3) is 11.4 Å². The van der Waals surface area contributed by atoms with Crippen molar-refractivity contribution in [1.29, 1.82) is 0 Å². The van der Waals surface area contributed by atoms with Crippen molar-refractivity contribution in [3.63, 3.8) is 0 Å². The van der Waals surface area contributed by atoms with Crippen molar-refractivity contribution in [1.82, 2.24) is 19.7 Å². The monoisotopic (exact) mass is 388 g/mol. The van der Waals surface area contributed by atoms with Gasteiger partial charge in [0, 0.05) is 24.2 Å². The van der Waals surface area contributed by atoms with Crippen molar-refractivity contribution in [2.75, 3.05) is 19.4 Å². The molecule has 0 saturated carbocycles. The number of amides is 1. The number of benzene rings is 1. The zero-order chi connectivity index (χ0) is 19.4. The molecule has 27 heavy (non-hydrogen) atoms. The van der Waals surface area contributed by atoms with E-state index in [1.54, 1.807) is 7.11 Å². The maximum atomic E-state index is 12.6. The van der Waals surface area contributed by atoms with Gasteiger partial charge in [0.2, 0.25) is 5.91 Å². The second kappa shape index (κ2) is 8.78. The van der Waals surface area contributed by atoms with Crippen LogP contribution in [-0.4, -0.2) is 51.0 Å². The Labute approximate surface area is 165 Å². The highest BCUT2D eigenvalue weighted by molar-refractivity contribution is 7.99. The van der Waals surface area contributed by atoms with Crippen LogP contribution in [0, 0.1) is 0 Å². The van der Waals surface area contributed by atoms with Gasteiger partial charge < -0.3 is 9.64 Å². The van der Waals surface area contributed by atoms with E-state index in [4.69, 9.17) is 4.74 Å². The van der Waals surface area contributed by atoms with E-state index in [-0.39, 0.29) is 11.9 Å². The number of hydrogen-bond donors (Lipinski definition) is 0. The molecule has 1 aromatic heterocycles. The maximum Gasteiger partial charge on any atom is 0.233 e. The average Bonchev–Trinajstić information content (AvgIpc) is 3.11. The van der Waals surface area contributed by atoms with Gasteiger partial charge in [0.15, 0.2) is 11.0 Å². The maximum absolute atomic E-state index is 12.6. The Balaban J connectivity index is 1.75. The number of methoxy groups -OCH3 is 1. The number of carbonyl (C=O) groups excluding carboxylic acids is 1. The van der Waals surface area contributed by atoms with Gasteiger partial charge in [-0.1, -0.05) is 11.8 Å². The Morgan fingerprint density at radius 2 is 2.00 bits per heavy atom. The summed E-state index contributed by atoms with van der Waals surface area (Å²) in [5.74, 6) is 2.22. The average molecular weight is 389 g/mol. The zero-order valence-electron chi connectivity index (χ0n) is 16.5. The Kier molecular flexibility index (Phi) is 6.42. The summed E-state index contributed by atoms with van der Waals surface area (Å²) in [6.45, 7) is 7.22. The topological polar surface area (TPSA) is 60.3 Å². The molecule has 3 rings (SSSR count). The Morgan fingerprint density at radius 3 is 2.63 bits per heavy atom. The number of nitrogens with zero attached hydrogens (tertiary/aromatic N) is 4. The largest absolute Gasteiger partial charge is 0.497 e. The van der Waals surface area contributed by atoms with Crippen LogP contribution in [0.4, 0.5) is 0 Å².